The van der Waals surface area contributed by atoms with Crippen LogP contribution in [0.4, 0.5) is 0 Å². The molecule has 4 unspecified atom stereocenters. The minimum absolute atomic E-state index is 0.363. The molecule has 2 aliphatic carbocycles. The van der Waals surface area contributed by atoms with Gasteiger partial charge in [0.25, 0.3) is 0 Å². The SMILES string of the molecule is O=C(O)C1CC2CC=CCC2CC1C(=O)O. The predicted octanol–water partition coefficient (Wildman–Crippen LogP) is 1.76. The van der Waals surface area contributed by atoms with Gasteiger partial charge in [0.1, 0.15) is 0 Å². The first-order chi connectivity index (χ1) is 7.59. The first-order valence-electron chi connectivity index (χ1n) is 5.70. The number of hydrogen-bond donors (Lipinski definition) is 2. The molecular weight excluding hydrogens is 208 g/mol. The van der Waals surface area contributed by atoms with Crippen molar-refractivity contribution < 1.29 is 19.8 Å². The van der Waals surface area contributed by atoms with E-state index < -0.39 is 23.8 Å². The smallest absolute Gasteiger partial charge is 0.307 e. The van der Waals surface area contributed by atoms with Gasteiger partial charge in [-0.2, -0.15) is 0 Å². The van der Waals surface area contributed by atoms with Gasteiger partial charge in [0.15, 0.2) is 0 Å². The van der Waals surface area contributed by atoms with Crippen LogP contribution in [0.5, 0.6) is 0 Å². The molecule has 4 heteroatoms. The van der Waals surface area contributed by atoms with Gasteiger partial charge >= 0.3 is 11.9 Å². The molecule has 0 aromatic carbocycles. The summed E-state index contributed by atoms with van der Waals surface area (Å²) in [5.74, 6) is -2.60. The lowest BCUT2D eigenvalue weighted by Crippen LogP contribution is -2.40. The maximum Gasteiger partial charge on any atom is 0.307 e. The number of aliphatic carboxylic acids is 2. The number of allylic oxidation sites excluding steroid dienone is 2. The fourth-order valence-corrected chi connectivity index (χ4v) is 3.03. The molecular formula is C12H16O4. The Morgan fingerprint density at radius 1 is 0.875 bits per heavy atom. The van der Waals surface area contributed by atoms with Crippen molar-refractivity contribution in [2.75, 3.05) is 0 Å². The van der Waals surface area contributed by atoms with Crippen LogP contribution in [-0.2, 0) is 9.59 Å². The fourth-order valence-electron chi connectivity index (χ4n) is 3.03. The van der Waals surface area contributed by atoms with E-state index in [0.29, 0.717) is 24.7 Å². The molecule has 0 aromatic rings. The maximum atomic E-state index is 11.1. The molecule has 0 radical (unpaired) electrons. The summed E-state index contributed by atoms with van der Waals surface area (Å²) in [4.78, 5) is 22.1. The molecule has 0 heterocycles. The minimum atomic E-state index is -0.958. The summed E-state index contributed by atoms with van der Waals surface area (Å²) < 4.78 is 0. The van der Waals surface area contributed by atoms with Crippen molar-refractivity contribution in [3.05, 3.63) is 12.2 Å². The predicted molar refractivity (Wildman–Crippen MR) is 56.8 cm³/mol. The second-order valence-corrected chi connectivity index (χ2v) is 4.82. The largest absolute Gasteiger partial charge is 0.481 e. The van der Waals surface area contributed by atoms with E-state index in [1.54, 1.807) is 0 Å². The topological polar surface area (TPSA) is 74.6 Å². The molecule has 0 amide bonds. The van der Waals surface area contributed by atoms with Crippen LogP contribution in [0.2, 0.25) is 0 Å². The molecule has 2 N–H and O–H groups in total. The molecule has 1 fully saturated rings. The van der Waals surface area contributed by atoms with Gasteiger partial charge in [-0.3, -0.25) is 9.59 Å². The van der Waals surface area contributed by atoms with Gasteiger partial charge in [-0.1, -0.05) is 12.2 Å². The van der Waals surface area contributed by atoms with E-state index in [9.17, 15) is 9.59 Å². The molecule has 4 nitrogen and oxygen atoms in total. The first kappa shape index (κ1) is 11.2. The Morgan fingerprint density at radius 2 is 1.25 bits per heavy atom. The van der Waals surface area contributed by atoms with Crippen molar-refractivity contribution in [1.29, 1.82) is 0 Å². The highest BCUT2D eigenvalue weighted by Gasteiger charge is 2.43. The first-order valence-corrected chi connectivity index (χ1v) is 5.70. The van der Waals surface area contributed by atoms with Crippen LogP contribution in [0.15, 0.2) is 12.2 Å². The van der Waals surface area contributed by atoms with Crippen LogP contribution >= 0.6 is 0 Å². The van der Waals surface area contributed by atoms with Gasteiger partial charge in [0.05, 0.1) is 11.8 Å². The van der Waals surface area contributed by atoms with Crippen molar-refractivity contribution >= 4 is 11.9 Å². The molecule has 2 rings (SSSR count). The number of carboxylic acids is 2. The van der Waals surface area contributed by atoms with E-state index in [4.69, 9.17) is 10.2 Å². The lowest BCUT2D eigenvalue weighted by molar-refractivity contribution is -0.158. The van der Waals surface area contributed by atoms with Crippen LogP contribution in [0.25, 0.3) is 0 Å². The van der Waals surface area contributed by atoms with Gasteiger partial charge < -0.3 is 10.2 Å². The van der Waals surface area contributed by atoms with E-state index in [-0.39, 0.29) is 0 Å². The number of carboxylic acid groups (broad SMARTS) is 2. The summed E-state index contributed by atoms with van der Waals surface area (Å²) in [5, 5.41) is 18.1. The standard InChI is InChI=1S/C12H16O4/c13-11(14)9-5-7-3-1-2-4-8(7)6-10(9)12(15)16/h1-2,7-10H,3-6H2,(H,13,14)(H,15,16). The average Bonchev–Trinajstić information content (AvgIpc) is 2.27. The fraction of sp³-hybridized carbons (Fsp3) is 0.667. The third kappa shape index (κ3) is 1.96. The van der Waals surface area contributed by atoms with E-state index in [0.717, 1.165) is 12.8 Å². The Morgan fingerprint density at radius 3 is 1.56 bits per heavy atom. The zero-order valence-corrected chi connectivity index (χ0v) is 9.00. The van der Waals surface area contributed by atoms with Crippen LogP contribution in [0, 0.1) is 23.7 Å². The van der Waals surface area contributed by atoms with Gasteiger partial charge in [-0.15, -0.1) is 0 Å². The van der Waals surface area contributed by atoms with Crippen molar-refractivity contribution in [3.63, 3.8) is 0 Å². The van der Waals surface area contributed by atoms with Crippen molar-refractivity contribution in [2.45, 2.75) is 25.7 Å². The summed E-state index contributed by atoms with van der Waals surface area (Å²) in [6, 6.07) is 0. The number of rotatable bonds is 2. The van der Waals surface area contributed by atoms with Crippen molar-refractivity contribution in [2.24, 2.45) is 23.7 Å². The monoisotopic (exact) mass is 224 g/mol. The maximum absolute atomic E-state index is 11.1. The Balaban J connectivity index is 2.16. The van der Waals surface area contributed by atoms with Crippen LogP contribution in [-0.4, -0.2) is 22.2 Å². The zero-order chi connectivity index (χ0) is 11.7. The summed E-state index contributed by atoms with van der Waals surface area (Å²) in [5.41, 5.74) is 0. The molecule has 0 aliphatic heterocycles. The van der Waals surface area contributed by atoms with E-state index >= 15 is 0 Å². The summed E-state index contributed by atoms with van der Waals surface area (Å²) in [6.07, 6.45) is 7.01. The Labute approximate surface area is 94.0 Å². The van der Waals surface area contributed by atoms with E-state index in [1.165, 1.54) is 0 Å². The molecule has 0 bridgehead atoms. The molecule has 2 aliphatic rings. The quantitative estimate of drug-likeness (QED) is 0.701. The van der Waals surface area contributed by atoms with E-state index in [2.05, 4.69) is 12.2 Å². The van der Waals surface area contributed by atoms with Crippen LogP contribution < -0.4 is 0 Å². The lowest BCUT2D eigenvalue weighted by atomic mass is 9.65. The van der Waals surface area contributed by atoms with Gasteiger partial charge in [-0.25, -0.2) is 0 Å². The average molecular weight is 224 g/mol. The summed E-state index contributed by atoms with van der Waals surface area (Å²) in [7, 11) is 0. The molecule has 0 aromatic heterocycles. The normalized spacial score (nSPS) is 37.8. The highest BCUT2D eigenvalue weighted by Crippen LogP contribution is 2.43. The molecule has 0 saturated heterocycles. The molecule has 0 spiro atoms. The second-order valence-electron chi connectivity index (χ2n) is 4.82. The number of carbonyl (C=O) groups is 2. The molecule has 4 atom stereocenters. The molecule has 16 heavy (non-hydrogen) atoms. The molecule has 1 saturated carbocycles. The Kier molecular flexibility index (Phi) is 2.99. The lowest BCUT2D eigenvalue weighted by Gasteiger charge is -2.39. The third-order valence-electron chi connectivity index (χ3n) is 3.94. The third-order valence-corrected chi connectivity index (χ3v) is 3.94. The number of hydrogen-bond acceptors (Lipinski definition) is 2. The summed E-state index contributed by atoms with van der Waals surface area (Å²) in [6.45, 7) is 0. The van der Waals surface area contributed by atoms with Crippen LogP contribution in [0.1, 0.15) is 25.7 Å². The Hall–Kier alpha value is -1.32. The molecule has 88 valence electrons. The number of fused-ring (bicyclic) bond motifs is 1. The van der Waals surface area contributed by atoms with Crippen molar-refractivity contribution in [3.8, 4) is 0 Å². The summed E-state index contributed by atoms with van der Waals surface area (Å²) >= 11 is 0. The van der Waals surface area contributed by atoms with Gasteiger partial charge in [0.2, 0.25) is 0 Å². The van der Waals surface area contributed by atoms with Crippen LogP contribution in [0.3, 0.4) is 0 Å². The second kappa shape index (κ2) is 4.28. The minimum Gasteiger partial charge on any atom is -0.481 e. The van der Waals surface area contributed by atoms with Crippen molar-refractivity contribution in [1.82, 2.24) is 0 Å². The van der Waals surface area contributed by atoms with Gasteiger partial charge in [-0.05, 0) is 37.5 Å². The highest BCUT2D eigenvalue weighted by molar-refractivity contribution is 5.80. The van der Waals surface area contributed by atoms with Gasteiger partial charge in [0, 0.05) is 0 Å². The highest BCUT2D eigenvalue weighted by atomic mass is 16.4. The Bertz CT molecular complexity index is 302. The van der Waals surface area contributed by atoms with E-state index in [1.807, 2.05) is 0 Å². The zero-order valence-electron chi connectivity index (χ0n) is 9.00.